The first-order valence-corrected chi connectivity index (χ1v) is 9.59. The van der Waals surface area contributed by atoms with Crippen LogP contribution in [0.4, 0.5) is 5.69 Å². The summed E-state index contributed by atoms with van der Waals surface area (Å²) in [5.41, 5.74) is 4.05. The summed E-state index contributed by atoms with van der Waals surface area (Å²) in [4.78, 5) is 20.3. The van der Waals surface area contributed by atoms with Gasteiger partial charge in [-0.05, 0) is 30.0 Å². The number of aromatic amines is 1. The largest absolute Gasteiger partial charge is 0.333 e. The SMILES string of the molecule is CC(C)c1ccccc1NC(=O)[C@@H](C)Sc1ncc(-c2ccccc2)[nH]1. The van der Waals surface area contributed by atoms with Crippen LogP contribution in [0, 0.1) is 0 Å². The van der Waals surface area contributed by atoms with Crippen LogP contribution in [0.15, 0.2) is 66.0 Å². The highest BCUT2D eigenvalue weighted by Gasteiger charge is 2.18. The van der Waals surface area contributed by atoms with Gasteiger partial charge in [-0.1, -0.05) is 74.1 Å². The van der Waals surface area contributed by atoms with E-state index in [4.69, 9.17) is 0 Å². The fourth-order valence-electron chi connectivity index (χ4n) is 2.70. The Morgan fingerprint density at radius 1 is 1.04 bits per heavy atom. The molecule has 4 nitrogen and oxygen atoms in total. The molecule has 1 atom stereocenters. The van der Waals surface area contributed by atoms with Crippen molar-refractivity contribution in [2.75, 3.05) is 5.32 Å². The molecule has 1 heterocycles. The van der Waals surface area contributed by atoms with Gasteiger partial charge in [0, 0.05) is 5.69 Å². The Labute approximate surface area is 158 Å². The van der Waals surface area contributed by atoms with Crippen molar-refractivity contribution >= 4 is 23.4 Å². The number of H-pyrrole nitrogens is 1. The first kappa shape index (κ1) is 18.3. The van der Waals surface area contributed by atoms with Crippen molar-refractivity contribution in [2.24, 2.45) is 0 Å². The van der Waals surface area contributed by atoms with Gasteiger partial charge < -0.3 is 10.3 Å². The number of aromatic nitrogens is 2. The summed E-state index contributed by atoms with van der Waals surface area (Å²) >= 11 is 1.42. The van der Waals surface area contributed by atoms with Gasteiger partial charge in [0.15, 0.2) is 5.16 Å². The lowest BCUT2D eigenvalue weighted by atomic mass is 10.0. The molecule has 0 unspecified atom stereocenters. The molecular weight excluding hydrogens is 342 g/mol. The highest BCUT2D eigenvalue weighted by molar-refractivity contribution is 8.00. The van der Waals surface area contributed by atoms with E-state index in [-0.39, 0.29) is 11.2 Å². The molecule has 2 aromatic carbocycles. The minimum atomic E-state index is -0.259. The Balaban J connectivity index is 1.66. The third kappa shape index (κ3) is 4.35. The van der Waals surface area contributed by atoms with Gasteiger partial charge in [0.25, 0.3) is 0 Å². The predicted molar refractivity (Wildman–Crippen MR) is 109 cm³/mol. The van der Waals surface area contributed by atoms with Crippen LogP contribution >= 0.6 is 11.8 Å². The number of nitrogens with one attached hydrogen (secondary N) is 2. The minimum Gasteiger partial charge on any atom is -0.333 e. The van der Waals surface area contributed by atoms with E-state index < -0.39 is 0 Å². The van der Waals surface area contributed by atoms with Crippen LogP contribution in [0.3, 0.4) is 0 Å². The topological polar surface area (TPSA) is 57.8 Å². The fourth-order valence-corrected chi connectivity index (χ4v) is 3.48. The fraction of sp³-hybridized carbons (Fsp3) is 0.238. The number of nitrogens with zero attached hydrogens (tertiary/aromatic N) is 1. The number of anilines is 1. The minimum absolute atomic E-state index is 0.0271. The maximum atomic E-state index is 12.6. The van der Waals surface area contributed by atoms with E-state index in [1.165, 1.54) is 11.8 Å². The lowest BCUT2D eigenvalue weighted by molar-refractivity contribution is -0.115. The van der Waals surface area contributed by atoms with Gasteiger partial charge in [-0.25, -0.2) is 4.98 Å². The normalized spacial score (nSPS) is 12.2. The molecule has 0 aliphatic carbocycles. The second-order valence-corrected chi connectivity index (χ2v) is 7.79. The van der Waals surface area contributed by atoms with Crippen molar-refractivity contribution in [2.45, 2.75) is 37.1 Å². The second-order valence-electron chi connectivity index (χ2n) is 6.46. The molecule has 26 heavy (non-hydrogen) atoms. The molecule has 0 saturated heterocycles. The second kappa shape index (κ2) is 8.23. The van der Waals surface area contributed by atoms with Crippen molar-refractivity contribution in [3.05, 3.63) is 66.4 Å². The molecule has 0 aliphatic heterocycles. The summed E-state index contributed by atoms with van der Waals surface area (Å²) < 4.78 is 0. The standard InChI is InChI=1S/C21H23N3OS/c1-14(2)17-11-7-8-12-18(17)23-20(25)15(3)26-21-22-13-19(24-21)16-9-5-4-6-10-16/h4-15H,1-3H3,(H,22,24)(H,23,25)/t15-/m1/s1. The third-order valence-electron chi connectivity index (χ3n) is 4.14. The van der Waals surface area contributed by atoms with Crippen LogP contribution in [0.1, 0.15) is 32.3 Å². The lowest BCUT2D eigenvalue weighted by Crippen LogP contribution is -2.23. The number of rotatable bonds is 6. The van der Waals surface area contributed by atoms with Crippen LogP contribution in [-0.2, 0) is 4.79 Å². The molecule has 0 fully saturated rings. The van der Waals surface area contributed by atoms with Crippen LogP contribution in [0.2, 0.25) is 0 Å². The maximum absolute atomic E-state index is 12.6. The molecule has 5 heteroatoms. The van der Waals surface area contributed by atoms with Crippen molar-refractivity contribution < 1.29 is 4.79 Å². The highest BCUT2D eigenvalue weighted by Crippen LogP contribution is 2.27. The van der Waals surface area contributed by atoms with Crippen LogP contribution in [0.25, 0.3) is 11.3 Å². The average molecular weight is 366 g/mol. The Kier molecular flexibility index (Phi) is 5.78. The number of thioether (sulfide) groups is 1. The summed E-state index contributed by atoms with van der Waals surface area (Å²) in [7, 11) is 0. The molecule has 3 rings (SSSR count). The molecule has 0 saturated carbocycles. The molecule has 1 amide bonds. The van der Waals surface area contributed by atoms with E-state index in [0.29, 0.717) is 5.92 Å². The maximum Gasteiger partial charge on any atom is 0.237 e. The Bertz CT molecular complexity index is 874. The molecule has 0 bridgehead atoms. The van der Waals surface area contributed by atoms with E-state index in [2.05, 4.69) is 35.2 Å². The molecule has 2 N–H and O–H groups in total. The van der Waals surface area contributed by atoms with E-state index in [0.717, 1.165) is 27.7 Å². The number of para-hydroxylation sites is 1. The molecule has 134 valence electrons. The zero-order chi connectivity index (χ0) is 18.5. The van der Waals surface area contributed by atoms with Gasteiger partial charge in [0.1, 0.15) is 0 Å². The van der Waals surface area contributed by atoms with Gasteiger partial charge in [0.2, 0.25) is 5.91 Å². The lowest BCUT2D eigenvalue weighted by Gasteiger charge is -2.15. The molecule has 0 radical (unpaired) electrons. The van der Waals surface area contributed by atoms with Gasteiger partial charge in [-0.2, -0.15) is 0 Å². The first-order chi connectivity index (χ1) is 12.5. The van der Waals surface area contributed by atoms with Crippen LogP contribution < -0.4 is 5.32 Å². The Hall–Kier alpha value is -2.53. The van der Waals surface area contributed by atoms with Crippen molar-refractivity contribution in [3.63, 3.8) is 0 Å². The summed E-state index contributed by atoms with van der Waals surface area (Å²) in [6.07, 6.45) is 1.80. The highest BCUT2D eigenvalue weighted by atomic mass is 32.2. The van der Waals surface area contributed by atoms with E-state index in [9.17, 15) is 4.79 Å². The van der Waals surface area contributed by atoms with Crippen LogP contribution in [-0.4, -0.2) is 21.1 Å². The van der Waals surface area contributed by atoms with E-state index >= 15 is 0 Å². The van der Waals surface area contributed by atoms with Crippen molar-refractivity contribution in [3.8, 4) is 11.3 Å². The number of hydrogen-bond donors (Lipinski definition) is 2. The molecular formula is C21H23N3OS. The summed E-state index contributed by atoms with van der Waals surface area (Å²) in [6, 6.07) is 18.0. The molecule has 0 spiro atoms. The molecule has 1 aromatic heterocycles. The van der Waals surface area contributed by atoms with Crippen molar-refractivity contribution in [1.29, 1.82) is 0 Å². The number of carbonyl (C=O) groups is 1. The smallest absolute Gasteiger partial charge is 0.237 e. The van der Waals surface area contributed by atoms with Gasteiger partial charge >= 0.3 is 0 Å². The molecule has 3 aromatic rings. The predicted octanol–water partition coefficient (Wildman–Crippen LogP) is 5.32. The van der Waals surface area contributed by atoms with Gasteiger partial charge in [0.05, 0.1) is 17.1 Å². The molecule has 0 aliphatic rings. The number of hydrogen-bond acceptors (Lipinski definition) is 3. The van der Waals surface area contributed by atoms with E-state index in [1.54, 1.807) is 6.20 Å². The summed E-state index contributed by atoms with van der Waals surface area (Å²) in [6.45, 7) is 6.14. The number of carbonyl (C=O) groups excluding carboxylic acids is 1. The van der Waals surface area contributed by atoms with E-state index in [1.807, 2.05) is 55.5 Å². The van der Waals surface area contributed by atoms with Crippen molar-refractivity contribution in [1.82, 2.24) is 9.97 Å². The third-order valence-corrected chi connectivity index (χ3v) is 5.13. The monoisotopic (exact) mass is 365 g/mol. The van der Waals surface area contributed by atoms with Gasteiger partial charge in [-0.15, -0.1) is 0 Å². The quantitative estimate of drug-likeness (QED) is 0.581. The Morgan fingerprint density at radius 2 is 1.73 bits per heavy atom. The summed E-state index contributed by atoms with van der Waals surface area (Å²) in [5.74, 6) is 0.328. The zero-order valence-corrected chi connectivity index (χ0v) is 16.0. The number of imidazole rings is 1. The average Bonchev–Trinajstić information content (AvgIpc) is 3.11. The zero-order valence-electron chi connectivity index (χ0n) is 15.2. The first-order valence-electron chi connectivity index (χ1n) is 8.71. The number of benzene rings is 2. The van der Waals surface area contributed by atoms with Gasteiger partial charge in [-0.3, -0.25) is 4.79 Å². The Morgan fingerprint density at radius 3 is 2.46 bits per heavy atom. The van der Waals surface area contributed by atoms with Crippen LogP contribution in [0.5, 0.6) is 0 Å². The summed E-state index contributed by atoms with van der Waals surface area (Å²) in [5, 5.41) is 3.53. The number of amides is 1.